The normalized spacial score (nSPS) is 11.0. The third-order valence-electron chi connectivity index (χ3n) is 4.35. The van der Waals surface area contributed by atoms with Crippen LogP contribution in [0.2, 0.25) is 0 Å². The number of hydrogen-bond donors (Lipinski definition) is 0. The van der Waals surface area contributed by atoms with Gasteiger partial charge < -0.3 is 0 Å². The summed E-state index contributed by atoms with van der Waals surface area (Å²) < 4.78 is 0. The second kappa shape index (κ2) is 6.79. The van der Waals surface area contributed by atoms with Gasteiger partial charge >= 0.3 is 0 Å². The molecular weight excluding hydrogens is 264 g/mol. The Labute approximate surface area is 133 Å². The summed E-state index contributed by atoms with van der Waals surface area (Å²) in [6, 6.07) is 21.9. The molecule has 0 aliphatic carbocycles. The van der Waals surface area contributed by atoms with Crippen LogP contribution in [0.15, 0.2) is 60.7 Å². The Morgan fingerprint density at radius 1 is 0.500 bits per heavy atom. The van der Waals surface area contributed by atoms with Gasteiger partial charge in [-0.15, -0.1) is 0 Å². The largest absolute Gasteiger partial charge is 0.0654 e. The van der Waals surface area contributed by atoms with E-state index in [4.69, 9.17) is 0 Å². The minimum atomic E-state index is 1.34. The van der Waals surface area contributed by atoms with Gasteiger partial charge in [0.25, 0.3) is 0 Å². The predicted octanol–water partition coefficient (Wildman–Crippen LogP) is 7.17. The zero-order valence-electron chi connectivity index (χ0n) is 13.6. The summed E-state index contributed by atoms with van der Waals surface area (Å²) in [4.78, 5) is 0. The second-order valence-electron chi connectivity index (χ2n) is 6.00. The Hall–Kier alpha value is -2.08. The lowest BCUT2D eigenvalue weighted by molar-refractivity contribution is 0.702. The van der Waals surface area contributed by atoms with E-state index in [1.807, 2.05) is 0 Å². The minimum Gasteiger partial charge on any atom is -0.0654 e. The molecule has 0 aromatic heterocycles. The molecule has 0 atom stereocenters. The van der Waals surface area contributed by atoms with Crippen LogP contribution in [0, 0.1) is 0 Å². The molecule has 0 heteroatoms. The van der Waals surface area contributed by atoms with Crippen LogP contribution in [0.25, 0.3) is 32.3 Å². The van der Waals surface area contributed by atoms with E-state index in [0.717, 1.165) is 0 Å². The van der Waals surface area contributed by atoms with Gasteiger partial charge in [0, 0.05) is 0 Å². The van der Waals surface area contributed by atoms with Crippen LogP contribution in [-0.2, 0) is 0 Å². The summed E-state index contributed by atoms with van der Waals surface area (Å²) in [6.07, 6.45) is 5.54. The fraction of sp³-hybridized carbons (Fsp3) is 0.273. The SMILES string of the molecule is CCCCCC.c1cc2ccc3cccc4ccc(c1)c2c34. The standard InChI is InChI=1S/C16H10.C6H14/c1-3-11-7-9-13-5-2-6-14-10-8-12(4-1)15(11)16(13)14;1-3-5-6-4-2/h1-10H;3-6H2,1-2H3. The molecule has 0 bridgehead atoms. The van der Waals surface area contributed by atoms with E-state index in [-0.39, 0.29) is 0 Å². The van der Waals surface area contributed by atoms with Gasteiger partial charge in [0.15, 0.2) is 0 Å². The average Bonchev–Trinajstić information content (AvgIpc) is 2.59. The van der Waals surface area contributed by atoms with Crippen LogP contribution in [0.1, 0.15) is 39.5 Å². The molecule has 4 aromatic rings. The molecule has 0 nitrogen and oxygen atoms in total. The maximum absolute atomic E-state index is 2.23. The molecular formula is C22H24. The summed E-state index contributed by atoms with van der Waals surface area (Å²) >= 11 is 0. The van der Waals surface area contributed by atoms with Crippen molar-refractivity contribution in [2.45, 2.75) is 39.5 Å². The van der Waals surface area contributed by atoms with Gasteiger partial charge in [-0.1, -0.05) is 100 Å². The molecule has 0 heterocycles. The zero-order chi connectivity index (χ0) is 15.4. The van der Waals surface area contributed by atoms with Gasteiger partial charge in [0.2, 0.25) is 0 Å². The first kappa shape index (κ1) is 14.8. The van der Waals surface area contributed by atoms with Crippen LogP contribution in [0.4, 0.5) is 0 Å². The van der Waals surface area contributed by atoms with Crippen molar-refractivity contribution in [3.8, 4) is 0 Å². The Morgan fingerprint density at radius 3 is 1.09 bits per heavy atom. The van der Waals surface area contributed by atoms with E-state index in [0.29, 0.717) is 0 Å². The lowest BCUT2D eigenvalue weighted by Crippen LogP contribution is -1.82. The summed E-state index contributed by atoms with van der Waals surface area (Å²) in [5.41, 5.74) is 0. The fourth-order valence-electron chi connectivity index (χ4n) is 3.17. The molecule has 0 aliphatic heterocycles. The van der Waals surface area contributed by atoms with Crippen LogP contribution in [0.3, 0.4) is 0 Å². The van der Waals surface area contributed by atoms with Crippen molar-refractivity contribution in [2.75, 3.05) is 0 Å². The number of benzene rings is 4. The maximum atomic E-state index is 2.23. The molecule has 0 N–H and O–H groups in total. The first-order chi connectivity index (χ1) is 10.8. The topological polar surface area (TPSA) is 0 Å². The molecule has 0 spiro atoms. The number of unbranched alkanes of at least 4 members (excludes halogenated alkanes) is 3. The van der Waals surface area contributed by atoms with Crippen molar-refractivity contribution >= 4 is 32.3 Å². The van der Waals surface area contributed by atoms with E-state index in [1.165, 1.54) is 58.0 Å². The molecule has 0 saturated carbocycles. The molecule has 112 valence electrons. The van der Waals surface area contributed by atoms with Crippen LogP contribution < -0.4 is 0 Å². The second-order valence-corrected chi connectivity index (χ2v) is 6.00. The van der Waals surface area contributed by atoms with Gasteiger partial charge in [-0.2, -0.15) is 0 Å². The Morgan fingerprint density at radius 2 is 0.818 bits per heavy atom. The van der Waals surface area contributed by atoms with E-state index >= 15 is 0 Å². The van der Waals surface area contributed by atoms with Crippen LogP contribution in [-0.4, -0.2) is 0 Å². The Bertz CT molecular complexity index is 724. The summed E-state index contributed by atoms with van der Waals surface area (Å²) in [7, 11) is 0. The predicted molar refractivity (Wildman–Crippen MR) is 100.0 cm³/mol. The highest BCUT2D eigenvalue weighted by atomic mass is 14.1. The van der Waals surface area contributed by atoms with Crippen LogP contribution in [0.5, 0.6) is 0 Å². The molecule has 0 aliphatic rings. The van der Waals surface area contributed by atoms with E-state index < -0.39 is 0 Å². The van der Waals surface area contributed by atoms with Crippen molar-refractivity contribution in [2.24, 2.45) is 0 Å². The van der Waals surface area contributed by atoms with Crippen molar-refractivity contribution < 1.29 is 0 Å². The van der Waals surface area contributed by atoms with E-state index in [2.05, 4.69) is 74.5 Å². The summed E-state index contributed by atoms with van der Waals surface area (Å²) in [5.74, 6) is 0. The lowest BCUT2D eigenvalue weighted by Gasteiger charge is -2.09. The highest BCUT2D eigenvalue weighted by molar-refractivity contribution is 6.22. The van der Waals surface area contributed by atoms with Crippen molar-refractivity contribution in [1.29, 1.82) is 0 Å². The van der Waals surface area contributed by atoms with Gasteiger partial charge in [0.1, 0.15) is 0 Å². The molecule has 22 heavy (non-hydrogen) atoms. The lowest BCUT2D eigenvalue weighted by atomic mass is 9.95. The highest BCUT2D eigenvalue weighted by Crippen LogP contribution is 2.33. The molecule has 0 radical (unpaired) electrons. The van der Waals surface area contributed by atoms with Gasteiger partial charge in [-0.25, -0.2) is 0 Å². The van der Waals surface area contributed by atoms with Crippen molar-refractivity contribution in [3.05, 3.63) is 60.7 Å². The molecule has 4 aromatic carbocycles. The van der Waals surface area contributed by atoms with Gasteiger partial charge in [-0.05, 0) is 32.3 Å². The third-order valence-corrected chi connectivity index (χ3v) is 4.35. The van der Waals surface area contributed by atoms with E-state index in [1.54, 1.807) is 0 Å². The Balaban J connectivity index is 0.000000209. The van der Waals surface area contributed by atoms with Crippen molar-refractivity contribution in [3.63, 3.8) is 0 Å². The van der Waals surface area contributed by atoms with Gasteiger partial charge in [0.05, 0.1) is 0 Å². The first-order valence-corrected chi connectivity index (χ1v) is 8.47. The highest BCUT2D eigenvalue weighted by Gasteiger charge is 2.05. The minimum absolute atomic E-state index is 1.34. The van der Waals surface area contributed by atoms with Gasteiger partial charge in [-0.3, -0.25) is 0 Å². The van der Waals surface area contributed by atoms with E-state index in [9.17, 15) is 0 Å². The third kappa shape index (κ3) is 2.78. The summed E-state index contributed by atoms with van der Waals surface area (Å²) in [6.45, 7) is 4.46. The number of rotatable bonds is 3. The molecule has 0 amide bonds. The maximum Gasteiger partial charge on any atom is -0.00268 e. The molecule has 0 saturated heterocycles. The fourth-order valence-corrected chi connectivity index (χ4v) is 3.17. The summed E-state index contributed by atoms with van der Waals surface area (Å²) in [5, 5.41) is 8.14. The molecule has 0 fully saturated rings. The molecule has 4 rings (SSSR count). The van der Waals surface area contributed by atoms with Crippen molar-refractivity contribution in [1.82, 2.24) is 0 Å². The smallest absolute Gasteiger partial charge is 0.00268 e. The first-order valence-electron chi connectivity index (χ1n) is 8.47. The Kier molecular flexibility index (Phi) is 4.58. The monoisotopic (exact) mass is 288 g/mol. The van der Waals surface area contributed by atoms with Crippen LogP contribution >= 0.6 is 0 Å². The average molecular weight is 288 g/mol. The zero-order valence-corrected chi connectivity index (χ0v) is 13.6. The molecule has 0 unspecified atom stereocenters. The quantitative estimate of drug-likeness (QED) is 0.277. The number of hydrogen-bond acceptors (Lipinski definition) is 0.